The third kappa shape index (κ3) is 496. The molecule has 0 unspecified atom stereocenters. The van der Waals surface area contributed by atoms with Crippen LogP contribution in [0.15, 0.2) is 0 Å². The molecular formula is H4F2NaO5P. The summed E-state index contributed by atoms with van der Waals surface area (Å²) in [6.45, 7) is 0. The van der Waals surface area contributed by atoms with E-state index in [1.807, 2.05) is 0 Å². The van der Waals surface area contributed by atoms with Crippen LogP contribution in [0.5, 0.6) is 0 Å². The van der Waals surface area contributed by atoms with E-state index in [0.29, 0.717) is 0 Å². The molecule has 0 rings (SSSR count). The van der Waals surface area contributed by atoms with Gasteiger partial charge in [0.1, 0.15) is 0 Å². The molecule has 0 fully saturated rings. The number of hydrogen-bond donors (Lipinski definition) is 3. The van der Waals surface area contributed by atoms with Gasteiger partial charge < -0.3 is 14.7 Å². The first-order chi connectivity index (χ1) is 3.41. The van der Waals surface area contributed by atoms with Crippen molar-refractivity contribution in [1.82, 2.24) is 0 Å². The van der Waals surface area contributed by atoms with Gasteiger partial charge in [-0.1, -0.05) is 0 Å². The number of rotatable bonds is 0. The van der Waals surface area contributed by atoms with E-state index in [1.54, 1.807) is 0 Å². The van der Waals surface area contributed by atoms with Gasteiger partial charge >= 0.3 is 37.4 Å². The molecule has 0 saturated heterocycles. The van der Waals surface area contributed by atoms with Crippen LogP contribution in [0.25, 0.3) is 0 Å². The fourth-order valence-electron chi connectivity index (χ4n) is 0. The van der Waals surface area contributed by atoms with Crippen molar-refractivity contribution in [3.63, 3.8) is 0 Å². The summed E-state index contributed by atoms with van der Waals surface area (Å²) in [5.41, 5.74) is 0. The van der Waals surface area contributed by atoms with Gasteiger partial charge in [0.2, 0.25) is 0 Å². The summed E-state index contributed by atoms with van der Waals surface area (Å²) in [7, 11) is -4.64. The Morgan fingerprint density at radius 3 is 1.22 bits per heavy atom. The van der Waals surface area contributed by atoms with Crippen molar-refractivity contribution in [1.29, 1.82) is 0 Å². The van der Waals surface area contributed by atoms with E-state index in [9.17, 15) is 0 Å². The predicted octanol–water partition coefficient (Wildman–Crippen LogP) is -0.805. The van der Waals surface area contributed by atoms with E-state index >= 15 is 0 Å². The standard InChI is InChI=1S/F2O.Na.H3O4P.H/c1-3-2;;1-5(2,3)4;/h;;(H3,1,2,3,4);. The summed E-state index contributed by atoms with van der Waals surface area (Å²) in [4.78, 5) is 21.6. The van der Waals surface area contributed by atoms with Crippen molar-refractivity contribution >= 4 is 37.4 Å². The van der Waals surface area contributed by atoms with Gasteiger partial charge in [-0.3, -0.25) is 0 Å². The van der Waals surface area contributed by atoms with Crippen molar-refractivity contribution in [3.05, 3.63) is 0 Å². The minimum absolute atomic E-state index is 0. The molecule has 0 aromatic heterocycles. The number of hydrogen-bond acceptors (Lipinski definition) is 2. The SMILES string of the molecule is FOF.O=P(O)(O)O.[NaH]. The molecule has 5 nitrogen and oxygen atoms in total. The molecule has 0 atom stereocenters. The van der Waals surface area contributed by atoms with Gasteiger partial charge in [-0.2, -0.15) is 0 Å². The molecular weight excluding hydrogens is 172 g/mol. The van der Waals surface area contributed by atoms with Crippen molar-refractivity contribution < 1.29 is 33.4 Å². The molecule has 0 aliphatic rings. The van der Waals surface area contributed by atoms with Crippen molar-refractivity contribution in [3.8, 4) is 0 Å². The second-order valence-corrected chi connectivity index (χ2v) is 1.60. The van der Waals surface area contributed by atoms with Crippen LogP contribution in [-0.4, -0.2) is 44.2 Å². The molecule has 0 aliphatic carbocycles. The molecule has 0 aromatic carbocycles. The van der Waals surface area contributed by atoms with Crippen LogP contribution in [0.2, 0.25) is 0 Å². The van der Waals surface area contributed by atoms with Gasteiger partial charge in [0.15, 0.2) is 0 Å². The molecule has 0 aliphatic heterocycles. The Labute approximate surface area is 71.0 Å². The Balaban J connectivity index is -0.0000000800. The first-order valence-electron chi connectivity index (χ1n) is 1.09. The van der Waals surface area contributed by atoms with Crippen LogP contribution in [0.3, 0.4) is 0 Å². The third-order valence-electron chi connectivity index (χ3n) is 0. The van der Waals surface area contributed by atoms with Crippen molar-refractivity contribution in [2.45, 2.75) is 0 Å². The monoisotopic (exact) mass is 176 g/mol. The van der Waals surface area contributed by atoms with Crippen LogP contribution in [-0.2, 0) is 9.71 Å². The summed E-state index contributed by atoms with van der Waals surface area (Å²) in [5, 5.41) is 1.25. The van der Waals surface area contributed by atoms with E-state index in [0.717, 1.165) is 0 Å². The molecule has 9 heavy (non-hydrogen) atoms. The molecule has 0 saturated carbocycles. The molecule has 9 heteroatoms. The Hall–Kier alpha value is 0.930. The normalized spacial score (nSPS) is 8.56. The average Bonchev–Trinajstić information content (AvgIpc) is 1.27. The minimum atomic E-state index is -4.64. The van der Waals surface area contributed by atoms with Crippen LogP contribution >= 0.6 is 7.82 Å². The van der Waals surface area contributed by atoms with Gasteiger partial charge in [-0.25, -0.2) is 4.57 Å². The molecule has 0 spiro atoms. The molecule has 0 radical (unpaired) electrons. The number of halogens is 2. The van der Waals surface area contributed by atoms with E-state index in [1.165, 1.54) is 5.15 Å². The summed E-state index contributed by atoms with van der Waals surface area (Å²) in [5.74, 6) is 0. The van der Waals surface area contributed by atoms with E-state index < -0.39 is 7.82 Å². The third-order valence-corrected chi connectivity index (χ3v) is 0. The zero-order valence-electron chi connectivity index (χ0n) is 3.36. The maximum atomic E-state index is 9.12. The van der Waals surface area contributed by atoms with E-state index in [4.69, 9.17) is 28.3 Å². The zero-order chi connectivity index (χ0) is 7.21. The van der Waals surface area contributed by atoms with Crippen molar-refractivity contribution in [2.24, 2.45) is 0 Å². The van der Waals surface area contributed by atoms with Gasteiger partial charge in [0.25, 0.3) is 0 Å². The summed E-state index contributed by atoms with van der Waals surface area (Å²) in [6.07, 6.45) is 0. The van der Waals surface area contributed by atoms with Gasteiger partial charge in [-0.05, 0) is 9.05 Å². The van der Waals surface area contributed by atoms with Gasteiger partial charge in [0.05, 0.1) is 0 Å². The van der Waals surface area contributed by atoms with Crippen LogP contribution in [0, 0.1) is 0 Å². The molecule has 0 amide bonds. The zero-order valence-corrected chi connectivity index (χ0v) is 4.26. The molecule has 54 valence electrons. The van der Waals surface area contributed by atoms with Crippen LogP contribution < -0.4 is 0 Å². The van der Waals surface area contributed by atoms with E-state index in [2.05, 4.69) is 0 Å². The second kappa shape index (κ2) is 8.93. The fourth-order valence-corrected chi connectivity index (χ4v) is 0. The van der Waals surface area contributed by atoms with E-state index in [-0.39, 0.29) is 29.6 Å². The molecule has 0 aromatic rings. The summed E-state index contributed by atoms with van der Waals surface area (Å²) < 4.78 is 27.1. The van der Waals surface area contributed by atoms with Crippen LogP contribution in [0.1, 0.15) is 0 Å². The molecule has 3 N–H and O–H groups in total. The average molecular weight is 176 g/mol. The summed E-state index contributed by atoms with van der Waals surface area (Å²) in [6, 6.07) is 0. The Morgan fingerprint density at radius 1 is 1.22 bits per heavy atom. The first-order valence-corrected chi connectivity index (χ1v) is 2.66. The predicted molar refractivity (Wildman–Crippen MR) is 24.7 cm³/mol. The van der Waals surface area contributed by atoms with Gasteiger partial charge in [-0.15, -0.1) is 0 Å². The second-order valence-electron chi connectivity index (χ2n) is 0.572. The first kappa shape index (κ1) is 16.5. The Bertz CT molecular complexity index is 70.8. The summed E-state index contributed by atoms with van der Waals surface area (Å²) >= 11 is 0. The Kier molecular flexibility index (Phi) is 16.4. The fraction of sp³-hybridized carbons (Fsp3) is 0. The Morgan fingerprint density at radius 2 is 1.22 bits per heavy atom. The topological polar surface area (TPSA) is 87.0 Å². The molecule has 0 heterocycles. The quantitative estimate of drug-likeness (QED) is 0.332. The maximum absolute atomic E-state index is 9.12. The molecule has 0 bridgehead atoms. The van der Waals surface area contributed by atoms with Crippen LogP contribution in [0.4, 0.5) is 9.05 Å². The number of phosphoric acid groups is 1. The van der Waals surface area contributed by atoms with Gasteiger partial charge in [0, 0.05) is 5.15 Å². The van der Waals surface area contributed by atoms with Crippen molar-refractivity contribution in [2.75, 3.05) is 0 Å².